The predicted octanol–water partition coefficient (Wildman–Crippen LogP) is 7.79. The van der Waals surface area contributed by atoms with Crippen molar-refractivity contribution in [3.05, 3.63) is 156 Å². The molecule has 1 fully saturated rings. The fraction of sp³-hybridized carbons (Fsp3) is 0.295. The number of hydrogen-bond donors (Lipinski definition) is 1. The van der Waals surface area contributed by atoms with Crippen molar-refractivity contribution >= 4 is 37.3 Å². The van der Waals surface area contributed by atoms with Gasteiger partial charge in [-0.05, 0) is 64.3 Å². The van der Waals surface area contributed by atoms with E-state index in [0.29, 0.717) is 11.3 Å². The van der Waals surface area contributed by atoms with Crippen LogP contribution in [0.4, 0.5) is 0 Å². The second kappa shape index (κ2) is 17.2. The Balaban J connectivity index is 1.40. The van der Waals surface area contributed by atoms with Crippen LogP contribution in [0, 0.1) is 6.92 Å². The van der Waals surface area contributed by atoms with Crippen molar-refractivity contribution in [3.63, 3.8) is 0 Å². The van der Waals surface area contributed by atoms with E-state index in [1.807, 2.05) is 73.7 Å². The maximum Gasteiger partial charge on any atom is 0.338 e. The fourth-order valence-electron chi connectivity index (χ4n) is 6.91. The predicted molar refractivity (Wildman–Crippen MR) is 214 cm³/mol. The van der Waals surface area contributed by atoms with Crippen molar-refractivity contribution in [3.8, 4) is 11.5 Å². The first-order valence-electron chi connectivity index (χ1n) is 17.9. The number of methoxy groups -OCH3 is 1. The van der Waals surface area contributed by atoms with Gasteiger partial charge in [0.05, 0.1) is 25.9 Å². The maximum absolute atomic E-state index is 13.6. The molecule has 1 saturated heterocycles. The second-order valence-corrected chi connectivity index (χ2v) is 19.1. The summed E-state index contributed by atoms with van der Waals surface area (Å²) in [5.74, 6) is 0.863. The Labute approximate surface area is 319 Å². The molecule has 0 spiro atoms. The van der Waals surface area contributed by atoms with Crippen LogP contribution in [0.1, 0.15) is 42.3 Å². The summed E-state index contributed by atoms with van der Waals surface area (Å²) in [6, 6.07) is 45.3. The smallest absolute Gasteiger partial charge is 0.338 e. The molecular formula is C44H48O7SSi. The lowest BCUT2D eigenvalue weighted by Crippen LogP contribution is -2.68. The molecule has 1 heterocycles. The Morgan fingerprint density at radius 2 is 1.26 bits per heavy atom. The van der Waals surface area contributed by atoms with Gasteiger partial charge in [0.2, 0.25) is 0 Å². The summed E-state index contributed by atoms with van der Waals surface area (Å²) in [4.78, 5) is 13.6. The molecule has 5 atom stereocenters. The van der Waals surface area contributed by atoms with Gasteiger partial charge in [-0.3, -0.25) is 0 Å². The third kappa shape index (κ3) is 8.88. The first-order valence-corrected chi connectivity index (χ1v) is 20.3. The molecule has 5 aromatic carbocycles. The summed E-state index contributed by atoms with van der Waals surface area (Å²) in [5.41, 5.74) is 1.57. The Kier molecular flexibility index (Phi) is 12.4. The van der Waals surface area contributed by atoms with Crippen LogP contribution in [0.25, 0.3) is 0 Å². The number of rotatable bonds is 13. The Morgan fingerprint density at radius 1 is 0.717 bits per heavy atom. The Morgan fingerprint density at radius 3 is 1.81 bits per heavy atom. The van der Waals surface area contributed by atoms with E-state index >= 15 is 0 Å². The first-order chi connectivity index (χ1) is 25.6. The highest BCUT2D eigenvalue weighted by molar-refractivity contribution is 7.80. The minimum atomic E-state index is -2.97. The van der Waals surface area contributed by atoms with Crippen LogP contribution in [0.5, 0.6) is 11.5 Å². The van der Waals surface area contributed by atoms with Gasteiger partial charge in [-0.1, -0.05) is 129 Å². The minimum absolute atomic E-state index is 0.169. The van der Waals surface area contributed by atoms with Crippen molar-refractivity contribution in [2.24, 2.45) is 0 Å². The zero-order valence-corrected chi connectivity index (χ0v) is 32.8. The van der Waals surface area contributed by atoms with Gasteiger partial charge in [-0.15, -0.1) is 12.6 Å². The highest BCUT2D eigenvalue weighted by atomic mass is 32.1. The quantitative estimate of drug-likeness (QED) is 0.0749. The summed E-state index contributed by atoms with van der Waals surface area (Å²) in [6.45, 7) is 9.13. The van der Waals surface area contributed by atoms with Crippen LogP contribution in [0.2, 0.25) is 5.04 Å². The molecule has 6 rings (SSSR count). The molecule has 0 radical (unpaired) electrons. The van der Waals surface area contributed by atoms with Gasteiger partial charge in [0.1, 0.15) is 29.1 Å². The van der Waals surface area contributed by atoms with Crippen molar-refractivity contribution < 1.29 is 32.9 Å². The average molecular weight is 749 g/mol. The van der Waals surface area contributed by atoms with Crippen LogP contribution in [-0.4, -0.2) is 57.9 Å². The number of aryl methyl sites for hydroxylation is 1. The van der Waals surface area contributed by atoms with Gasteiger partial charge in [0, 0.05) is 0 Å². The van der Waals surface area contributed by atoms with E-state index in [9.17, 15) is 4.79 Å². The molecule has 0 N–H and O–H groups in total. The summed E-state index contributed by atoms with van der Waals surface area (Å²) < 4.78 is 39.2. The zero-order valence-electron chi connectivity index (χ0n) is 30.9. The van der Waals surface area contributed by atoms with Crippen LogP contribution in [0.15, 0.2) is 140 Å². The van der Waals surface area contributed by atoms with E-state index in [1.165, 1.54) is 0 Å². The summed E-state index contributed by atoms with van der Waals surface area (Å²) >= 11 is 4.91. The number of carbonyl (C=O) groups excluding carboxylic acids is 1. The highest BCUT2D eigenvalue weighted by Gasteiger charge is 2.54. The van der Waals surface area contributed by atoms with Crippen molar-refractivity contribution in [1.82, 2.24) is 0 Å². The average Bonchev–Trinajstić information content (AvgIpc) is 3.18. The van der Waals surface area contributed by atoms with E-state index in [1.54, 1.807) is 31.4 Å². The molecule has 0 aromatic heterocycles. The van der Waals surface area contributed by atoms with Crippen molar-refractivity contribution in [1.29, 1.82) is 0 Å². The lowest BCUT2D eigenvalue weighted by molar-refractivity contribution is -0.214. The van der Waals surface area contributed by atoms with Crippen molar-refractivity contribution in [2.75, 3.05) is 13.7 Å². The van der Waals surface area contributed by atoms with Gasteiger partial charge in [-0.25, -0.2) is 4.79 Å². The van der Waals surface area contributed by atoms with Gasteiger partial charge in [-0.2, -0.15) is 0 Å². The Bertz CT molecular complexity index is 1850. The minimum Gasteiger partial charge on any atom is -0.497 e. The van der Waals surface area contributed by atoms with Gasteiger partial charge in [0.25, 0.3) is 8.32 Å². The molecular weight excluding hydrogens is 701 g/mol. The molecule has 0 saturated carbocycles. The van der Waals surface area contributed by atoms with E-state index in [2.05, 4.69) is 69.3 Å². The largest absolute Gasteiger partial charge is 0.497 e. The van der Waals surface area contributed by atoms with Crippen LogP contribution in [0.3, 0.4) is 0 Å². The first kappa shape index (κ1) is 38.3. The van der Waals surface area contributed by atoms with Gasteiger partial charge < -0.3 is 28.1 Å². The normalized spacial score (nSPS) is 20.4. The Hall–Kier alpha value is -4.38. The maximum atomic E-state index is 13.6. The van der Waals surface area contributed by atoms with Crippen LogP contribution < -0.4 is 19.8 Å². The molecule has 0 amide bonds. The summed E-state index contributed by atoms with van der Waals surface area (Å²) in [7, 11) is -1.34. The molecule has 7 nitrogen and oxygen atoms in total. The molecule has 1 aliphatic rings. The third-order valence-corrected chi connectivity index (χ3v) is 15.1. The van der Waals surface area contributed by atoms with E-state index in [-0.39, 0.29) is 18.3 Å². The topological polar surface area (TPSA) is 72.5 Å². The monoisotopic (exact) mass is 748 g/mol. The number of ether oxygens (including phenoxy) is 5. The molecule has 1 aliphatic heterocycles. The van der Waals surface area contributed by atoms with Crippen molar-refractivity contribution in [2.45, 2.75) is 69.2 Å². The number of hydrogen-bond acceptors (Lipinski definition) is 8. The highest BCUT2D eigenvalue weighted by Crippen LogP contribution is 2.39. The molecule has 0 aliphatic carbocycles. The lowest BCUT2D eigenvalue weighted by atomic mass is 9.99. The molecule has 0 bridgehead atoms. The fourth-order valence-corrected chi connectivity index (χ4v) is 11.9. The van der Waals surface area contributed by atoms with E-state index in [0.717, 1.165) is 27.2 Å². The van der Waals surface area contributed by atoms with E-state index in [4.69, 9.17) is 40.7 Å². The molecule has 9 heteroatoms. The number of esters is 1. The third-order valence-electron chi connectivity index (χ3n) is 9.64. The molecule has 53 heavy (non-hydrogen) atoms. The number of carbonyl (C=O) groups is 1. The molecule has 276 valence electrons. The number of benzene rings is 5. The van der Waals surface area contributed by atoms with Gasteiger partial charge >= 0.3 is 5.97 Å². The second-order valence-electron chi connectivity index (χ2n) is 14.3. The zero-order chi connectivity index (χ0) is 37.4. The van der Waals surface area contributed by atoms with E-state index < -0.39 is 44.1 Å². The van der Waals surface area contributed by atoms with Crippen LogP contribution in [-0.2, 0) is 25.2 Å². The molecule has 0 unspecified atom stereocenters. The van der Waals surface area contributed by atoms with Gasteiger partial charge in [0.15, 0.2) is 12.2 Å². The SMILES string of the molecule is COc1ccc(CO[C@@H]2[C@@H](OC(=O)c3ccccc3)[C@H](S)O[C@H](CO[Si](c3ccccc3)(c3ccccc3)C(C)(C)C)[C@@H]2Oc2ccc(C)cc2)cc1. The van der Waals surface area contributed by atoms with Crippen LogP contribution >= 0.6 is 12.6 Å². The summed E-state index contributed by atoms with van der Waals surface area (Å²) in [5, 5.41) is 2.03. The lowest BCUT2D eigenvalue weighted by Gasteiger charge is -2.47. The standard InChI is InChI=1S/C44H48O7SSi/c1-31-21-25-35(26-22-31)49-39-38(30-48-53(44(2,3)4,36-17-11-7-12-18-36)37-19-13-8-14-20-37)50-43(52)41(51-42(45)33-15-9-6-10-16-33)40(39)47-29-32-23-27-34(46-5)28-24-32/h6-28,38-41,43,52H,29-30H2,1-5H3/t38-,39+,40+,41-,43+/m1/s1. The summed E-state index contributed by atoms with van der Waals surface area (Å²) in [6.07, 6.45) is -3.14. The molecule has 5 aromatic rings. The number of thiol groups is 1.